The van der Waals surface area contributed by atoms with Gasteiger partial charge in [-0.15, -0.1) is 0 Å². The van der Waals surface area contributed by atoms with E-state index in [1.165, 1.54) is 13.2 Å². The van der Waals surface area contributed by atoms with Crippen LogP contribution in [0.2, 0.25) is 0 Å². The average Bonchev–Trinajstić information content (AvgIpc) is 3.04. The summed E-state index contributed by atoms with van der Waals surface area (Å²) < 4.78 is 5.80. The maximum atomic E-state index is 11.6. The largest absolute Gasteiger partial charge is 0.506 e. The lowest BCUT2D eigenvalue weighted by atomic mass is 10.2. The van der Waals surface area contributed by atoms with Gasteiger partial charge in [0.25, 0.3) is 0 Å². The average molecular weight is 286 g/mol. The quantitative estimate of drug-likeness (QED) is 0.839. The molecule has 0 heterocycles. The molecule has 5 heteroatoms. The van der Waals surface area contributed by atoms with Gasteiger partial charge < -0.3 is 15.2 Å². The molecule has 0 aliphatic heterocycles. The normalized spacial score (nSPS) is 14.6. The first-order chi connectivity index (χ1) is 7.61. The van der Waals surface area contributed by atoms with Crippen LogP contribution in [0.3, 0.4) is 0 Å². The van der Waals surface area contributed by atoms with E-state index < -0.39 is 0 Å². The summed E-state index contributed by atoms with van der Waals surface area (Å²) in [7, 11) is 1.49. The molecule has 16 heavy (non-hydrogen) atoms. The van der Waals surface area contributed by atoms with Gasteiger partial charge in [0.05, 0.1) is 7.11 Å². The van der Waals surface area contributed by atoms with Gasteiger partial charge in [-0.2, -0.15) is 0 Å². The fourth-order valence-corrected chi connectivity index (χ4v) is 1.85. The van der Waals surface area contributed by atoms with Crippen LogP contribution in [0.25, 0.3) is 0 Å². The molecule has 0 atom stereocenters. The maximum Gasteiger partial charge on any atom is 0.227 e. The molecule has 0 unspecified atom stereocenters. The molecule has 86 valence electrons. The number of hydrogen-bond acceptors (Lipinski definition) is 3. The Labute approximate surface area is 102 Å². The van der Waals surface area contributed by atoms with E-state index in [2.05, 4.69) is 21.2 Å². The molecular weight excluding hydrogens is 274 g/mol. The van der Waals surface area contributed by atoms with E-state index in [1.807, 2.05) is 0 Å². The molecule has 0 spiro atoms. The Kier molecular flexibility index (Phi) is 3.05. The molecule has 0 saturated heterocycles. The SMILES string of the molecule is COc1cc(Br)cc(O)c1NC(=O)C1CC1. The second-order valence-electron chi connectivity index (χ2n) is 3.77. The van der Waals surface area contributed by atoms with Gasteiger partial charge in [0.1, 0.15) is 17.2 Å². The van der Waals surface area contributed by atoms with E-state index in [9.17, 15) is 9.90 Å². The zero-order chi connectivity index (χ0) is 11.7. The Morgan fingerprint density at radius 3 is 2.81 bits per heavy atom. The number of carbonyl (C=O) groups excluding carboxylic acids is 1. The molecule has 1 aromatic rings. The Bertz CT molecular complexity index is 429. The molecule has 1 aromatic carbocycles. The van der Waals surface area contributed by atoms with Crippen molar-refractivity contribution >= 4 is 27.5 Å². The first-order valence-corrected chi connectivity index (χ1v) is 5.78. The number of carbonyl (C=O) groups is 1. The van der Waals surface area contributed by atoms with Crippen molar-refractivity contribution in [2.45, 2.75) is 12.8 Å². The zero-order valence-electron chi connectivity index (χ0n) is 8.79. The number of aromatic hydroxyl groups is 1. The van der Waals surface area contributed by atoms with E-state index in [4.69, 9.17) is 4.74 Å². The second-order valence-corrected chi connectivity index (χ2v) is 4.68. The van der Waals surface area contributed by atoms with Crippen molar-refractivity contribution in [2.75, 3.05) is 12.4 Å². The standard InChI is InChI=1S/C11H12BrNO3/c1-16-9-5-7(12)4-8(14)10(9)13-11(15)6-2-3-6/h4-6,14H,2-3H2,1H3,(H,13,15). The van der Waals surface area contributed by atoms with Gasteiger partial charge in [-0.25, -0.2) is 0 Å². The summed E-state index contributed by atoms with van der Waals surface area (Å²) in [5.74, 6) is 0.477. The number of phenolic OH excluding ortho intramolecular Hbond substituents is 1. The Balaban J connectivity index is 2.27. The predicted octanol–water partition coefficient (Wildman–Crippen LogP) is 2.51. The van der Waals surface area contributed by atoms with Crippen LogP contribution in [0, 0.1) is 5.92 Å². The number of nitrogens with one attached hydrogen (secondary N) is 1. The van der Waals surface area contributed by atoms with E-state index in [-0.39, 0.29) is 17.6 Å². The smallest absolute Gasteiger partial charge is 0.227 e. The van der Waals surface area contributed by atoms with E-state index in [0.29, 0.717) is 15.9 Å². The van der Waals surface area contributed by atoms with Crippen molar-refractivity contribution in [1.29, 1.82) is 0 Å². The molecule has 1 aliphatic carbocycles. The topological polar surface area (TPSA) is 58.6 Å². The van der Waals surface area contributed by atoms with Crippen LogP contribution in [-0.4, -0.2) is 18.1 Å². The van der Waals surface area contributed by atoms with Crippen molar-refractivity contribution in [2.24, 2.45) is 5.92 Å². The summed E-state index contributed by atoms with van der Waals surface area (Å²) in [5.41, 5.74) is 0.336. The Morgan fingerprint density at radius 2 is 2.25 bits per heavy atom. The summed E-state index contributed by atoms with van der Waals surface area (Å²) in [6, 6.07) is 3.22. The number of hydrogen-bond donors (Lipinski definition) is 2. The van der Waals surface area contributed by atoms with Gasteiger partial charge in [-0.3, -0.25) is 4.79 Å². The highest BCUT2D eigenvalue weighted by Gasteiger charge is 2.30. The number of methoxy groups -OCH3 is 1. The minimum absolute atomic E-state index is 0.000208. The highest BCUT2D eigenvalue weighted by Crippen LogP contribution is 2.39. The number of ether oxygens (including phenoxy) is 1. The first-order valence-electron chi connectivity index (χ1n) is 4.99. The van der Waals surface area contributed by atoms with Crippen LogP contribution < -0.4 is 10.1 Å². The lowest BCUT2D eigenvalue weighted by Crippen LogP contribution is -2.14. The molecule has 1 saturated carbocycles. The third-order valence-electron chi connectivity index (χ3n) is 2.46. The number of rotatable bonds is 3. The highest BCUT2D eigenvalue weighted by molar-refractivity contribution is 9.10. The van der Waals surface area contributed by atoms with Crippen LogP contribution in [0.15, 0.2) is 16.6 Å². The fourth-order valence-electron chi connectivity index (χ4n) is 1.43. The predicted molar refractivity (Wildman–Crippen MR) is 63.7 cm³/mol. The van der Waals surface area contributed by atoms with Crippen LogP contribution in [0.1, 0.15) is 12.8 Å². The third kappa shape index (κ3) is 2.29. The second kappa shape index (κ2) is 4.33. The maximum absolute atomic E-state index is 11.6. The number of anilines is 1. The molecule has 1 aliphatic rings. The monoisotopic (exact) mass is 285 g/mol. The van der Waals surface area contributed by atoms with E-state index in [1.54, 1.807) is 6.07 Å². The van der Waals surface area contributed by atoms with Crippen LogP contribution in [0.4, 0.5) is 5.69 Å². The van der Waals surface area contributed by atoms with Gasteiger partial charge in [0.15, 0.2) is 0 Å². The first kappa shape index (κ1) is 11.3. The lowest BCUT2D eigenvalue weighted by Gasteiger charge is -2.12. The molecule has 4 nitrogen and oxygen atoms in total. The van der Waals surface area contributed by atoms with E-state index in [0.717, 1.165) is 12.8 Å². The number of amides is 1. The summed E-state index contributed by atoms with van der Waals surface area (Å²) in [6.07, 6.45) is 1.84. The van der Waals surface area contributed by atoms with Crippen LogP contribution >= 0.6 is 15.9 Å². The molecule has 2 rings (SSSR count). The fraction of sp³-hybridized carbons (Fsp3) is 0.364. The minimum atomic E-state index is -0.0593. The molecular formula is C11H12BrNO3. The van der Waals surface area contributed by atoms with Crippen molar-refractivity contribution in [3.63, 3.8) is 0 Å². The van der Waals surface area contributed by atoms with Gasteiger partial charge in [0.2, 0.25) is 5.91 Å². The Morgan fingerprint density at radius 1 is 1.56 bits per heavy atom. The Hall–Kier alpha value is -1.23. The van der Waals surface area contributed by atoms with Crippen molar-refractivity contribution in [3.05, 3.63) is 16.6 Å². The molecule has 2 N–H and O–H groups in total. The van der Waals surface area contributed by atoms with Crippen LogP contribution in [-0.2, 0) is 4.79 Å². The minimum Gasteiger partial charge on any atom is -0.506 e. The number of phenols is 1. The number of halogens is 1. The number of benzene rings is 1. The summed E-state index contributed by atoms with van der Waals surface area (Å²) in [6.45, 7) is 0. The molecule has 0 radical (unpaired) electrons. The molecule has 1 fully saturated rings. The van der Waals surface area contributed by atoms with Gasteiger partial charge >= 0.3 is 0 Å². The van der Waals surface area contributed by atoms with Crippen molar-refractivity contribution < 1.29 is 14.6 Å². The van der Waals surface area contributed by atoms with Gasteiger partial charge in [0, 0.05) is 10.4 Å². The molecule has 0 aromatic heterocycles. The lowest BCUT2D eigenvalue weighted by molar-refractivity contribution is -0.117. The van der Waals surface area contributed by atoms with Gasteiger partial charge in [-0.1, -0.05) is 15.9 Å². The van der Waals surface area contributed by atoms with Crippen LogP contribution in [0.5, 0.6) is 11.5 Å². The molecule has 0 bridgehead atoms. The summed E-state index contributed by atoms with van der Waals surface area (Å²) >= 11 is 3.24. The van der Waals surface area contributed by atoms with E-state index >= 15 is 0 Å². The van der Waals surface area contributed by atoms with Crippen molar-refractivity contribution in [1.82, 2.24) is 0 Å². The highest BCUT2D eigenvalue weighted by atomic mass is 79.9. The van der Waals surface area contributed by atoms with Gasteiger partial charge in [-0.05, 0) is 25.0 Å². The third-order valence-corrected chi connectivity index (χ3v) is 2.92. The zero-order valence-corrected chi connectivity index (χ0v) is 10.4. The molecule has 1 amide bonds. The summed E-state index contributed by atoms with van der Waals surface area (Å²) in [5, 5.41) is 12.4. The summed E-state index contributed by atoms with van der Waals surface area (Å²) in [4.78, 5) is 11.6. The van der Waals surface area contributed by atoms with Crippen molar-refractivity contribution in [3.8, 4) is 11.5 Å².